The molecule has 2 aliphatic rings. The monoisotopic (exact) mass is 275 g/mol. The van der Waals surface area contributed by atoms with Crippen molar-refractivity contribution in [3.63, 3.8) is 0 Å². The molecule has 1 aliphatic carbocycles. The summed E-state index contributed by atoms with van der Waals surface area (Å²) in [6, 6.07) is 0.706. The fourth-order valence-corrected chi connectivity index (χ4v) is 3.97. The number of aryl methyl sites for hydroxylation is 1. The lowest BCUT2D eigenvalue weighted by Crippen LogP contribution is -2.29. The van der Waals surface area contributed by atoms with E-state index >= 15 is 0 Å². The molecule has 0 saturated heterocycles. The van der Waals surface area contributed by atoms with E-state index in [0.29, 0.717) is 6.04 Å². The van der Waals surface area contributed by atoms with Gasteiger partial charge in [-0.15, -0.1) is 0 Å². The number of nitrogens with zero attached hydrogens (tertiary/aromatic N) is 2. The summed E-state index contributed by atoms with van der Waals surface area (Å²) < 4.78 is 2.65. The minimum atomic E-state index is 0.706. The van der Waals surface area contributed by atoms with Crippen LogP contribution in [0.25, 0.3) is 0 Å². The van der Waals surface area contributed by atoms with Crippen LogP contribution in [0.1, 0.15) is 69.7 Å². The summed E-state index contributed by atoms with van der Waals surface area (Å²) in [7, 11) is 0. The summed E-state index contributed by atoms with van der Waals surface area (Å²) >= 11 is 0. The lowest BCUT2D eigenvalue weighted by molar-refractivity contribution is 0.205. The third kappa shape index (κ3) is 2.52. The molecule has 1 saturated carbocycles. The SMILES string of the molecule is CCCc1nc2c(n1C1CCC(C)C(C)C1)CCNC2. The standard InChI is InChI=1S/C17H29N3/c1-4-5-17-19-15-11-18-9-8-16(15)20(17)14-7-6-12(2)13(3)10-14/h12-14,18H,4-11H2,1-3H3. The molecule has 0 radical (unpaired) electrons. The molecule has 1 N–H and O–H groups in total. The fraction of sp³-hybridized carbons (Fsp3) is 0.824. The van der Waals surface area contributed by atoms with Gasteiger partial charge in [-0.25, -0.2) is 4.98 Å². The molecule has 3 heteroatoms. The van der Waals surface area contributed by atoms with Crippen molar-refractivity contribution in [2.75, 3.05) is 6.54 Å². The Morgan fingerprint density at radius 3 is 2.85 bits per heavy atom. The van der Waals surface area contributed by atoms with E-state index in [1.165, 1.54) is 37.2 Å². The highest BCUT2D eigenvalue weighted by molar-refractivity contribution is 5.22. The highest BCUT2D eigenvalue weighted by Gasteiger charge is 2.30. The van der Waals surface area contributed by atoms with E-state index in [1.54, 1.807) is 5.69 Å². The number of hydrogen-bond donors (Lipinski definition) is 1. The molecule has 3 unspecified atom stereocenters. The van der Waals surface area contributed by atoms with Crippen LogP contribution in [0.4, 0.5) is 0 Å². The average Bonchev–Trinajstić information content (AvgIpc) is 2.80. The number of fused-ring (bicyclic) bond motifs is 1. The number of nitrogens with one attached hydrogen (secondary N) is 1. The van der Waals surface area contributed by atoms with Gasteiger partial charge in [0.05, 0.1) is 5.69 Å². The normalized spacial score (nSPS) is 30.2. The van der Waals surface area contributed by atoms with Crippen molar-refractivity contribution in [2.24, 2.45) is 11.8 Å². The number of hydrogen-bond acceptors (Lipinski definition) is 2. The molecule has 3 nitrogen and oxygen atoms in total. The third-order valence-electron chi connectivity index (χ3n) is 5.41. The van der Waals surface area contributed by atoms with Crippen LogP contribution in [-0.4, -0.2) is 16.1 Å². The van der Waals surface area contributed by atoms with E-state index in [2.05, 4.69) is 30.7 Å². The summed E-state index contributed by atoms with van der Waals surface area (Å²) in [5.41, 5.74) is 2.87. The number of aromatic nitrogens is 2. The summed E-state index contributed by atoms with van der Waals surface area (Å²) in [4.78, 5) is 4.96. The maximum atomic E-state index is 4.96. The zero-order valence-corrected chi connectivity index (χ0v) is 13.3. The van der Waals surface area contributed by atoms with Crippen molar-refractivity contribution in [2.45, 2.75) is 71.9 Å². The first-order valence-electron chi connectivity index (χ1n) is 8.50. The van der Waals surface area contributed by atoms with E-state index in [9.17, 15) is 0 Å². The van der Waals surface area contributed by atoms with Crippen molar-refractivity contribution in [1.29, 1.82) is 0 Å². The van der Waals surface area contributed by atoms with E-state index < -0.39 is 0 Å². The minimum Gasteiger partial charge on any atom is -0.329 e. The molecule has 0 aromatic carbocycles. The summed E-state index contributed by atoms with van der Waals surface area (Å²) in [6.07, 6.45) is 7.55. The molecule has 20 heavy (non-hydrogen) atoms. The van der Waals surface area contributed by atoms with Crippen LogP contribution in [-0.2, 0) is 19.4 Å². The van der Waals surface area contributed by atoms with Gasteiger partial charge >= 0.3 is 0 Å². The largest absolute Gasteiger partial charge is 0.329 e. The number of imidazole rings is 1. The van der Waals surface area contributed by atoms with Crippen molar-refractivity contribution in [1.82, 2.24) is 14.9 Å². The second-order valence-corrected chi connectivity index (χ2v) is 6.89. The second-order valence-electron chi connectivity index (χ2n) is 6.89. The van der Waals surface area contributed by atoms with Gasteiger partial charge in [0.15, 0.2) is 0 Å². The van der Waals surface area contributed by atoms with Crippen molar-refractivity contribution in [3.05, 3.63) is 17.2 Å². The van der Waals surface area contributed by atoms with Crippen molar-refractivity contribution >= 4 is 0 Å². The Labute approximate surface area is 123 Å². The van der Waals surface area contributed by atoms with Gasteiger partial charge in [-0.05, 0) is 37.5 Å². The van der Waals surface area contributed by atoms with Gasteiger partial charge in [0, 0.05) is 37.7 Å². The first kappa shape index (κ1) is 14.1. The molecule has 3 rings (SSSR count). The van der Waals surface area contributed by atoms with E-state index in [1.807, 2.05) is 0 Å². The zero-order chi connectivity index (χ0) is 14.1. The fourth-order valence-electron chi connectivity index (χ4n) is 3.97. The molecular weight excluding hydrogens is 246 g/mol. The smallest absolute Gasteiger partial charge is 0.109 e. The van der Waals surface area contributed by atoms with Crippen LogP contribution in [0.15, 0.2) is 0 Å². The highest BCUT2D eigenvalue weighted by Crippen LogP contribution is 2.38. The predicted molar refractivity (Wildman–Crippen MR) is 82.8 cm³/mol. The number of rotatable bonds is 3. The second kappa shape index (κ2) is 5.88. The molecule has 0 spiro atoms. The molecule has 112 valence electrons. The highest BCUT2D eigenvalue weighted by atomic mass is 15.1. The summed E-state index contributed by atoms with van der Waals surface area (Å²) in [5, 5.41) is 3.47. The van der Waals surface area contributed by atoms with E-state index in [4.69, 9.17) is 4.98 Å². The van der Waals surface area contributed by atoms with Gasteiger partial charge in [0.1, 0.15) is 5.82 Å². The zero-order valence-electron chi connectivity index (χ0n) is 13.3. The van der Waals surface area contributed by atoms with Crippen LogP contribution in [0.5, 0.6) is 0 Å². The Morgan fingerprint density at radius 1 is 1.25 bits per heavy atom. The summed E-state index contributed by atoms with van der Waals surface area (Å²) in [5.74, 6) is 3.10. The Kier molecular flexibility index (Phi) is 4.16. The Bertz CT molecular complexity index is 463. The van der Waals surface area contributed by atoms with Crippen LogP contribution in [0, 0.1) is 11.8 Å². The van der Waals surface area contributed by atoms with Gasteiger partial charge in [0.25, 0.3) is 0 Å². The van der Waals surface area contributed by atoms with Gasteiger partial charge in [0.2, 0.25) is 0 Å². The Balaban J connectivity index is 1.92. The maximum absolute atomic E-state index is 4.96. The van der Waals surface area contributed by atoms with Crippen LogP contribution >= 0.6 is 0 Å². The Morgan fingerprint density at radius 2 is 2.10 bits per heavy atom. The third-order valence-corrected chi connectivity index (χ3v) is 5.41. The quantitative estimate of drug-likeness (QED) is 0.915. The van der Waals surface area contributed by atoms with Crippen molar-refractivity contribution < 1.29 is 0 Å². The average molecular weight is 275 g/mol. The molecular formula is C17H29N3. The maximum Gasteiger partial charge on any atom is 0.109 e. The molecule has 2 heterocycles. The molecule has 0 bridgehead atoms. The molecule has 1 aliphatic heterocycles. The predicted octanol–water partition coefficient (Wildman–Crippen LogP) is 3.48. The van der Waals surface area contributed by atoms with Gasteiger partial charge < -0.3 is 9.88 Å². The first-order valence-corrected chi connectivity index (χ1v) is 8.50. The topological polar surface area (TPSA) is 29.9 Å². The molecule has 0 amide bonds. The van der Waals surface area contributed by atoms with Gasteiger partial charge in [-0.3, -0.25) is 0 Å². The minimum absolute atomic E-state index is 0.706. The van der Waals surface area contributed by atoms with Crippen molar-refractivity contribution in [3.8, 4) is 0 Å². The molecule has 1 aromatic heterocycles. The van der Waals surface area contributed by atoms with E-state index in [0.717, 1.165) is 37.8 Å². The first-order chi connectivity index (χ1) is 9.70. The molecule has 1 fully saturated rings. The van der Waals surface area contributed by atoms with Crippen LogP contribution in [0.2, 0.25) is 0 Å². The van der Waals surface area contributed by atoms with Crippen LogP contribution < -0.4 is 5.32 Å². The molecule has 3 atom stereocenters. The van der Waals surface area contributed by atoms with Gasteiger partial charge in [-0.2, -0.15) is 0 Å². The van der Waals surface area contributed by atoms with Gasteiger partial charge in [-0.1, -0.05) is 20.8 Å². The summed E-state index contributed by atoms with van der Waals surface area (Å²) in [6.45, 7) is 9.20. The van der Waals surface area contributed by atoms with Crippen LogP contribution in [0.3, 0.4) is 0 Å². The lowest BCUT2D eigenvalue weighted by Gasteiger charge is -2.35. The lowest BCUT2D eigenvalue weighted by atomic mass is 9.79. The Hall–Kier alpha value is -0.830. The van der Waals surface area contributed by atoms with E-state index in [-0.39, 0.29) is 0 Å². The molecule has 1 aromatic rings.